The van der Waals surface area contributed by atoms with Crippen LogP contribution in [0.4, 0.5) is 0 Å². The van der Waals surface area contributed by atoms with E-state index in [-0.39, 0.29) is 12.2 Å². The monoisotopic (exact) mass is 189 g/mol. The molecular weight excluding hydrogens is 170 g/mol. The molecule has 4 nitrogen and oxygen atoms in total. The molecule has 0 bridgehead atoms. The van der Waals surface area contributed by atoms with E-state index in [2.05, 4.69) is 0 Å². The van der Waals surface area contributed by atoms with Gasteiger partial charge in [0.2, 0.25) is 6.41 Å². The lowest BCUT2D eigenvalue weighted by Crippen LogP contribution is -2.55. The number of ether oxygens (including phenoxy) is 1. The van der Waals surface area contributed by atoms with E-state index in [1.54, 1.807) is 4.90 Å². The average Bonchev–Trinajstić information content (AvgIpc) is 1.79. The Balaban J connectivity index is 2.23. The maximum absolute atomic E-state index is 9.54. The molecule has 0 aliphatic carbocycles. The zero-order valence-electron chi connectivity index (χ0n) is 8.53. The van der Waals surface area contributed by atoms with Gasteiger partial charge >= 0.3 is 0 Å². The van der Waals surface area contributed by atoms with E-state index in [1.807, 2.05) is 20.8 Å². The van der Waals surface area contributed by atoms with Gasteiger partial charge in [0.15, 0.2) is 0 Å². The molecule has 0 aromatic carbocycles. The Bertz CT molecular complexity index is 161. The van der Waals surface area contributed by atoms with Crippen LogP contribution >= 0.6 is 0 Å². The van der Waals surface area contributed by atoms with Gasteiger partial charge in [-0.2, -0.15) is 0 Å². The van der Waals surface area contributed by atoms with Crippen LogP contribution in [0.5, 0.6) is 0 Å². The first-order chi connectivity index (χ1) is 5.92. The summed E-state index contributed by atoms with van der Waals surface area (Å²) >= 11 is 0. The highest BCUT2D eigenvalue weighted by Gasteiger charge is 2.33. The van der Waals surface area contributed by atoms with Crippen LogP contribution in [0.1, 0.15) is 20.8 Å². The number of rotatable bonds is 3. The molecular formula is C9H19NO3. The quantitative estimate of drug-likeness (QED) is 0.614. The Labute approximate surface area is 79.1 Å². The van der Waals surface area contributed by atoms with Crippen molar-refractivity contribution < 1.29 is 14.9 Å². The van der Waals surface area contributed by atoms with E-state index in [0.29, 0.717) is 19.0 Å². The van der Waals surface area contributed by atoms with Crippen molar-refractivity contribution in [2.75, 3.05) is 19.7 Å². The minimum Gasteiger partial charge on any atom is -0.396 e. The van der Waals surface area contributed by atoms with Gasteiger partial charge in [-0.05, 0) is 20.8 Å². The van der Waals surface area contributed by atoms with Gasteiger partial charge in [0.25, 0.3) is 0 Å². The van der Waals surface area contributed by atoms with E-state index >= 15 is 0 Å². The first kappa shape index (κ1) is 10.9. The molecule has 1 aliphatic rings. The number of aliphatic hydroxyl groups excluding tert-OH is 2. The lowest BCUT2D eigenvalue weighted by Gasteiger charge is -2.42. The molecule has 0 aromatic rings. The Kier molecular flexibility index (Phi) is 3.29. The summed E-state index contributed by atoms with van der Waals surface area (Å²) in [5, 5.41) is 18.3. The van der Waals surface area contributed by atoms with Crippen LogP contribution in [-0.2, 0) is 4.74 Å². The highest BCUT2D eigenvalue weighted by atomic mass is 16.6. The van der Waals surface area contributed by atoms with E-state index in [1.165, 1.54) is 0 Å². The van der Waals surface area contributed by atoms with Gasteiger partial charge in [0, 0.05) is 25.6 Å². The Morgan fingerprint density at radius 2 is 2.00 bits per heavy atom. The zero-order valence-corrected chi connectivity index (χ0v) is 8.53. The highest BCUT2D eigenvalue weighted by molar-refractivity contribution is 4.79. The lowest BCUT2D eigenvalue weighted by atomic mass is 10.0. The molecule has 1 rings (SSSR count). The summed E-state index contributed by atoms with van der Waals surface area (Å²) in [6, 6.07) is 0. The second-order valence-electron chi connectivity index (χ2n) is 4.56. The summed E-state index contributed by atoms with van der Waals surface area (Å²) < 4.78 is 5.33. The summed E-state index contributed by atoms with van der Waals surface area (Å²) in [4.78, 5) is 1.80. The predicted molar refractivity (Wildman–Crippen MR) is 49.0 cm³/mol. The smallest absolute Gasteiger partial charge is 0.216 e. The van der Waals surface area contributed by atoms with Crippen molar-refractivity contribution in [2.45, 2.75) is 32.8 Å². The highest BCUT2D eigenvalue weighted by Crippen LogP contribution is 2.20. The molecule has 1 aliphatic heterocycles. The van der Waals surface area contributed by atoms with Crippen LogP contribution in [0, 0.1) is 5.92 Å². The topological polar surface area (TPSA) is 52.9 Å². The molecule has 1 saturated heterocycles. The van der Waals surface area contributed by atoms with E-state index in [4.69, 9.17) is 9.84 Å². The van der Waals surface area contributed by atoms with Crippen molar-refractivity contribution in [1.29, 1.82) is 0 Å². The molecule has 2 N–H and O–H groups in total. The summed E-state index contributed by atoms with van der Waals surface area (Å²) in [6.07, 6.45) is -0.831. The molecule has 1 unspecified atom stereocenters. The standard InChI is InChI=1S/C9H19NO3/c1-9(2,3)13-8(12)10-4-7(5-10)6-11/h7-8,11-12H,4-6H2,1-3H3. The van der Waals surface area contributed by atoms with Crippen LogP contribution in [0.2, 0.25) is 0 Å². The molecule has 0 saturated carbocycles. The van der Waals surface area contributed by atoms with Crippen LogP contribution in [0.25, 0.3) is 0 Å². The minimum absolute atomic E-state index is 0.193. The molecule has 1 atom stereocenters. The largest absolute Gasteiger partial charge is 0.396 e. The summed E-state index contributed by atoms with van der Waals surface area (Å²) in [5.74, 6) is 0.304. The number of hydrogen-bond donors (Lipinski definition) is 2. The fourth-order valence-electron chi connectivity index (χ4n) is 1.30. The van der Waals surface area contributed by atoms with E-state index in [0.717, 1.165) is 0 Å². The molecule has 13 heavy (non-hydrogen) atoms. The first-order valence-corrected chi connectivity index (χ1v) is 4.63. The van der Waals surface area contributed by atoms with Gasteiger partial charge in [0.05, 0.1) is 5.60 Å². The second-order valence-corrected chi connectivity index (χ2v) is 4.56. The minimum atomic E-state index is -0.831. The Morgan fingerprint density at radius 3 is 2.38 bits per heavy atom. The molecule has 0 amide bonds. The maximum atomic E-state index is 9.54. The summed E-state index contributed by atoms with van der Waals surface area (Å²) in [5.41, 5.74) is -0.330. The second kappa shape index (κ2) is 3.92. The van der Waals surface area contributed by atoms with E-state index < -0.39 is 6.41 Å². The number of hydrogen-bond acceptors (Lipinski definition) is 4. The fraction of sp³-hybridized carbons (Fsp3) is 1.00. The Morgan fingerprint density at radius 1 is 1.46 bits per heavy atom. The molecule has 1 fully saturated rings. The van der Waals surface area contributed by atoms with Crippen LogP contribution < -0.4 is 0 Å². The predicted octanol–water partition coefficient (Wildman–Crippen LogP) is 0.00150. The number of likely N-dealkylation sites (tertiary alicyclic amines) is 1. The summed E-state index contributed by atoms with van der Waals surface area (Å²) in [6.45, 7) is 7.33. The van der Waals surface area contributed by atoms with Gasteiger partial charge in [-0.3, -0.25) is 4.90 Å². The number of aliphatic hydroxyl groups is 2. The lowest BCUT2D eigenvalue weighted by molar-refractivity contribution is -0.262. The van der Waals surface area contributed by atoms with Gasteiger partial charge in [0.1, 0.15) is 0 Å². The Hall–Kier alpha value is -0.160. The zero-order chi connectivity index (χ0) is 10.1. The van der Waals surface area contributed by atoms with Crippen molar-refractivity contribution in [1.82, 2.24) is 4.90 Å². The third-order valence-corrected chi connectivity index (χ3v) is 2.01. The van der Waals surface area contributed by atoms with Crippen molar-refractivity contribution in [3.63, 3.8) is 0 Å². The molecule has 4 heteroatoms. The van der Waals surface area contributed by atoms with Crippen LogP contribution in [-0.4, -0.2) is 46.8 Å². The van der Waals surface area contributed by atoms with Crippen molar-refractivity contribution in [3.8, 4) is 0 Å². The van der Waals surface area contributed by atoms with Gasteiger partial charge in [-0.25, -0.2) is 0 Å². The fourth-order valence-corrected chi connectivity index (χ4v) is 1.30. The molecule has 0 radical (unpaired) electrons. The average molecular weight is 189 g/mol. The molecule has 1 heterocycles. The van der Waals surface area contributed by atoms with Gasteiger partial charge in [-0.15, -0.1) is 0 Å². The van der Waals surface area contributed by atoms with Crippen molar-refractivity contribution >= 4 is 0 Å². The van der Waals surface area contributed by atoms with Gasteiger partial charge < -0.3 is 14.9 Å². The van der Waals surface area contributed by atoms with Gasteiger partial charge in [-0.1, -0.05) is 0 Å². The van der Waals surface area contributed by atoms with Crippen molar-refractivity contribution in [2.24, 2.45) is 5.92 Å². The summed E-state index contributed by atoms with van der Waals surface area (Å²) in [7, 11) is 0. The van der Waals surface area contributed by atoms with Crippen molar-refractivity contribution in [3.05, 3.63) is 0 Å². The molecule has 78 valence electrons. The van der Waals surface area contributed by atoms with Crippen LogP contribution in [0.15, 0.2) is 0 Å². The van der Waals surface area contributed by atoms with E-state index in [9.17, 15) is 5.11 Å². The molecule has 0 aromatic heterocycles. The maximum Gasteiger partial charge on any atom is 0.216 e. The first-order valence-electron chi connectivity index (χ1n) is 4.63. The molecule has 0 spiro atoms. The normalized spacial score (nSPS) is 22.8. The van der Waals surface area contributed by atoms with Crippen LogP contribution in [0.3, 0.4) is 0 Å². The third-order valence-electron chi connectivity index (χ3n) is 2.01. The number of nitrogens with zero attached hydrogens (tertiary/aromatic N) is 1. The third kappa shape index (κ3) is 3.23. The SMILES string of the molecule is CC(C)(C)OC(O)N1CC(CO)C1.